The zero-order chi connectivity index (χ0) is 23.2. The third kappa shape index (κ3) is 3.97. The Balaban J connectivity index is 1.66. The highest BCUT2D eigenvalue weighted by molar-refractivity contribution is 5.97. The second kappa shape index (κ2) is 8.01. The Morgan fingerprint density at radius 2 is 2.03 bits per heavy atom. The molecule has 32 heavy (non-hydrogen) atoms. The van der Waals surface area contributed by atoms with Gasteiger partial charge in [0, 0.05) is 23.2 Å². The van der Waals surface area contributed by atoms with Gasteiger partial charge in [-0.2, -0.15) is 13.2 Å². The lowest BCUT2D eigenvalue weighted by atomic mass is 10.0. The Labute approximate surface area is 182 Å². The van der Waals surface area contributed by atoms with Gasteiger partial charge in [-0.25, -0.2) is 9.97 Å². The number of halogens is 3. The molecule has 2 N–H and O–H groups in total. The molecule has 3 aromatic heterocycles. The van der Waals surface area contributed by atoms with Gasteiger partial charge in [-0.3, -0.25) is 9.78 Å². The van der Waals surface area contributed by atoms with Crippen molar-refractivity contribution in [3.8, 4) is 0 Å². The van der Waals surface area contributed by atoms with Crippen molar-refractivity contribution in [3.63, 3.8) is 0 Å². The van der Waals surface area contributed by atoms with Gasteiger partial charge in [-0.15, -0.1) is 0 Å². The van der Waals surface area contributed by atoms with Crippen LogP contribution in [-0.4, -0.2) is 31.8 Å². The molecule has 0 fully saturated rings. The first-order valence-electron chi connectivity index (χ1n) is 10.1. The fourth-order valence-corrected chi connectivity index (χ4v) is 3.78. The third-order valence-electron chi connectivity index (χ3n) is 5.52. The Hall–Kier alpha value is -3.27. The number of nitrogens with two attached hydrogens (primary N) is 1. The lowest BCUT2D eigenvalue weighted by Gasteiger charge is -2.26. The molecule has 1 amide bonds. The monoisotopic (exact) mass is 445 g/mol. The van der Waals surface area contributed by atoms with Gasteiger partial charge < -0.3 is 15.4 Å². The molecular formula is C22H22F3N5O2. The lowest BCUT2D eigenvalue weighted by Crippen LogP contribution is -2.37. The predicted molar refractivity (Wildman–Crippen MR) is 111 cm³/mol. The van der Waals surface area contributed by atoms with E-state index >= 15 is 0 Å². The number of hydrogen-bond donors (Lipinski definition) is 1. The maximum Gasteiger partial charge on any atom is 0.417 e. The third-order valence-corrected chi connectivity index (χ3v) is 5.52. The number of carbonyl (C=O) groups is 1. The fraction of sp³-hybridized carbons (Fsp3) is 0.364. The molecular weight excluding hydrogens is 423 g/mol. The molecule has 1 aliphatic rings. The van der Waals surface area contributed by atoms with Gasteiger partial charge in [-0.05, 0) is 44.5 Å². The van der Waals surface area contributed by atoms with Crippen LogP contribution in [0.25, 0.3) is 10.9 Å². The van der Waals surface area contributed by atoms with E-state index in [9.17, 15) is 18.0 Å². The fourth-order valence-electron chi connectivity index (χ4n) is 3.78. The molecule has 10 heteroatoms. The number of ether oxygens (including phenoxy) is 1. The van der Waals surface area contributed by atoms with Crippen molar-refractivity contribution < 1.29 is 22.7 Å². The summed E-state index contributed by atoms with van der Waals surface area (Å²) < 4.78 is 44.1. The van der Waals surface area contributed by atoms with Crippen molar-refractivity contribution in [3.05, 3.63) is 58.7 Å². The first kappa shape index (κ1) is 21.9. The number of aromatic nitrogens is 3. The number of alkyl halides is 3. The van der Waals surface area contributed by atoms with Gasteiger partial charge in [0.05, 0.1) is 42.2 Å². The molecule has 0 aliphatic carbocycles. The highest BCUT2D eigenvalue weighted by atomic mass is 19.4. The van der Waals surface area contributed by atoms with Crippen molar-refractivity contribution in [1.82, 2.24) is 19.9 Å². The van der Waals surface area contributed by atoms with Crippen LogP contribution in [-0.2, 0) is 24.1 Å². The number of carbonyl (C=O) groups excluding carboxylic acids is 1. The van der Waals surface area contributed by atoms with E-state index in [4.69, 9.17) is 10.5 Å². The summed E-state index contributed by atoms with van der Waals surface area (Å²) in [6, 6.07) is 3.67. The van der Waals surface area contributed by atoms with Gasteiger partial charge in [0.15, 0.2) is 0 Å². The van der Waals surface area contributed by atoms with Crippen LogP contribution in [0.5, 0.6) is 0 Å². The van der Waals surface area contributed by atoms with Gasteiger partial charge in [-0.1, -0.05) is 0 Å². The molecule has 7 nitrogen and oxygen atoms in total. The zero-order valence-electron chi connectivity index (χ0n) is 17.8. The highest BCUT2D eigenvalue weighted by Gasteiger charge is 2.31. The van der Waals surface area contributed by atoms with E-state index < -0.39 is 11.7 Å². The van der Waals surface area contributed by atoms with E-state index in [1.165, 1.54) is 17.2 Å². The number of anilines is 1. The molecule has 4 rings (SSSR count). The molecule has 0 bridgehead atoms. The van der Waals surface area contributed by atoms with E-state index in [0.717, 1.165) is 28.8 Å². The van der Waals surface area contributed by atoms with Gasteiger partial charge in [0.1, 0.15) is 11.5 Å². The van der Waals surface area contributed by atoms with Crippen molar-refractivity contribution >= 4 is 22.6 Å². The van der Waals surface area contributed by atoms with Crippen molar-refractivity contribution in [2.24, 2.45) is 0 Å². The van der Waals surface area contributed by atoms with E-state index in [2.05, 4.69) is 15.0 Å². The van der Waals surface area contributed by atoms with Gasteiger partial charge in [0.25, 0.3) is 5.91 Å². The summed E-state index contributed by atoms with van der Waals surface area (Å²) in [5.41, 5.74) is 8.04. The standard InChI is InChI=1S/C22H22F3N5O2/c1-11(2)30(9-14-5-4-13(7-27-14)22(23,24)25)21(31)17-6-15-16-10-32-12(3)19(16)20(26)29-18(15)8-28-17/h4-8,11-12H,9-10H2,1-3H3,(H2,26,29)/t12-/m1/s1. The largest absolute Gasteiger partial charge is 0.417 e. The molecule has 0 unspecified atom stereocenters. The Kier molecular flexibility index (Phi) is 5.49. The van der Waals surface area contributed by atoms with Crippen LogP contribution in [0.15, 0.2) is 30.6 Å². The summed E-state index contributed by atoms with van der Waals surface area (Å²) in [5, 5.41) is 0.744. The molecule has 168 valence electrons. The summed E-state index contributed by atoms with van der Waals surface area (Å²) in [7, 11) is 0. The smallest absolute Gasteiger partial charge is 0.383 e. The maximum absolute atomic E-state index is 13.3. The quantitative estimate of drug-likeness (QED) is 0.645. The van der Waals surface area contributed by atoms with Crippen LogP contribution in [0.3, 0.4) is 0 Å². The molecule has 0 saturated carbocycles. The summed E-state index contributed by atoms with van der Waals surface area (Å²) >= 11 is 0. The van der Waals surface area contributed by atoms with Crippen LogP contribution in [0.1, 0.15) is 59.7 Å². The lowest BCUT2D eigenvalue weighted by molar-refractivity contribution is -0.137. The van der Waals surface area contributed by atoms with Crippen LogP contribution in [0.2, 0.25) is 0 Å². The topological polar surface area (TPSA) is 94.2 Å². The number of nitrogen functional groups attached to an aromatic ring is 1. The summed E-state index contributed by atoms with van der Waals surface area (Å²) in [6.07, 6.45) is -2.39. The van der Waals surface area contributed by atoms with Crippen LogP contribution in [0.4, 0.5) is 19.0 Å². The van der Waals surface area contributed by atoms with Crippen LogP contribution >= 0.6 is 0 Å². The molecule has 0 saturated heterocycles. The number of hydrogen-bond acceptors (Lipinski definition) is 6. The van der Waals surface area contributed by atoms with E-state index in [1.54, 1.807) is 6.07 Å². The first-order valence-corrected chi connectivity index (χ1v) is 10.1. The minimum atomic E-state index is -4.47. The van der Waals surface area contributed by atoms with E-state index in [0.29, 0.717) is 23.6 Å². The number of fused-ring (bicyclic) bond motifs is 3. The van der Waals surface area contributed by atoms with Gasteiger partial charge in [0.2, 0.25) is 0 Å². The second-order valence-corrected chi connectivity index (χ2v) is 7.99. The molecule has 4 heterocycles. The molecule has 0 radical (unpaired) electrons. The summed E-state index contributed by atoms with van der Waals surface area (Å²) in [5.74, 6) is 0.0247. The van der Waals surface area contributed by atoms with Crippen molar-refractivity contribution in [2.75, 3.05) is 5.73 Å². The van der Waals surface area contributed by atoms with Gasteiger partial charge >= 0.3 is 6.18 Å². The maximum atomic E-state index is 13.3. The summed E-state index contributed by atoms with van der Waals surface area (Å²) in [6.45, 7) is 5.94. The molecule has 1 aliphatic heterocycles. The SMILES string of the molecule is CC(C)N(Cc1ccc(C(F)(F)F)cn1)C(=O)c1cc2c3c(c(N)nc2cn1)[C@@H](C)OC3. The number of nitrogens with zero attached hydrogens (tertiary/aromatic N) is 4. The molecule has 3 aromatic rings. The number of pyridine rings is 3. The second-order valence-electron chi connectivity index (χ2n) is 7.99. The van der Waals surface area contributed by atoms with Crippen LogP contribution in [0, 0.1) is 0 Å². The minimum absolute atomic E-state index is 0.0482. The Morgan fingerprint density at radius 3 is 2.66 bits per heavy atom. The average Bonchev–Trinajstić information content (AvgIpc) is 3.13. The molecule has 0 spiro atoms. The summed E-state index contributed by atoms with van der Waals surface area (Å²) in [4.78, 5) is 27.3. The van der Waals surface area contributed by atoms with Crippen molar-refractivity contribution in [1.29, 1.82) is 0 Å². The molecule has 0 aromatic carbocycles. The Morgan fingerprint density at radius 1 is 1.28 bits per heavy atom. The molecule has 1 atom stereocenters. The average molecular weight is 445 g/mol. The highest BCUT2D eigenvalue weighted by Crippen LogP contribution is 2.38. The van der Waals surface area contributed by atoms with E-state index in [1.807, 2.05) is 20.8 Å². The number of rotatable bonds is 4. The first-order chi connectivity index (χ1) is 15.1. The normalized spacial score (nSPS) is 15.9. The van der Waals surface area contributed by atoms with E-state index in [-0.39, 0.29) is 30.3 Å². The van der Waals surface area contributed by atoms with Crippen molar-refractivity contribution in [2.45, 2.75) is 52.2 Å². The predicted octanol–water partition coefficient (Wildman–Crippen LogP) is 4.27. The zero-order valence-corrected chi connectivity index (χ0v) is 17.8. The van der Waals surface area contributed by atoms with Crippen LogP contribution < -0.4 is 5.73 Å². The minimum Gasteiger partial charge on any atom is -0.383 e. The Bertz CT molecular complexity index is 1180. The number of amides is 1.